The Kier molecular flexibility index (Phi) is 6.72. The minimum atomic E-state index is -3.78. The van der Waals surface area contributed by atoms with Gasteiger partial charge in [-0.3, -0.25) is 14.3 Å². The predicted molar refractivity (Wildman–Crippen MR) is 128 cm³/mol. The maximum absolute atomic E-state index is 15.1. The van der Waals surface area contributed by atoms with Gasteiger partial charge >= 0.3 is 0 Å². The van der Waals surface area contributed by atoms with Gasteiger partial charge in [-0.1, -0.05) is 24.3 Å². The third kappa shape index (κ3) is 5.48. The maximum Gasteiger partial charge on any atom is 0.255 e. The van der Waals surface area contributed by atoms with Gasteiger partial charge in [-0.25, -0.2) is 27.2 Å². The highest BCUT2D eigenvalue weighted by molar-refractivity contribution is 7.92. The van der Waals surface area contributed by atoms with Crippen molar-refractivity contribution in [2.45, 2.75) is 31.3 Å². The molecule has 2 amide bonds. The summed E-state index contributed by atoms with van der Waals surface area (Å²) in [4.78, 5) is 32.9. The summed E-state index contributed by atoms with van der Waals surface area (Å²) in [5.41, 5.74) is -0.592. The number of amides is 2. The molecule has 0 saturated heterocycles. The van der Waals surface area contributed by atoms with E-state index in [2.05, 4.69) is 25.3 Å². The van der Waals surface area contributed by atoms with Crippen LogP contribution in [-0.4, -0.2) is 42.0 Å². The zero-order chi connectivity index (χ0) is 26.1. The third-order valence-corrected chi connectivity index (χ3v) is 6.36. The number of nitrogens with one attached hydrogen (secondary N) is 3. The summed E-state index contributed by atoms with van der Waals surface area (Å²) in [5.74, 6) is -2.42. The van der Waals surface area contributed by atoms with Crippen molar-refractivity contribution < 1.29 is 26.8 Å². The number of carbonyl (C=O) groups excluding carboxylic acids is 2. The van der Waals surface area contributed by atoms with Crippen molar-refractivity contribution in [3.05, 3.63) is 77.9 Å². The van der Waals surface area contributed by atoms with Gasteiger partial charge in [-0.05, 0) is 37.5 Å². The van der Waals surface area contributed by atoms with Crippen LogP contribution in [0, 0.1) is 11.6 Å². The Bertz CT molecular complexity index is 1430. The number of hydrogen-bond acceptors (Lipinski definition) is 6. The SMILES string of the molecule is CC(NC(=O)C1(NC(=O)c2cncnc2)CC1)c1ccc(-c2cccc(F)c2NS(C)(=O)=O)cc1F. The third-order valence-electron chi connectivity index (χ3n) is 5.79. The van der Waals surface area contributed by atoms with Crippen LogP contribution < -0.4 is 15.4 Å². The molecule has 1 atom stereocenters. The number of benzene rings is 2. The first-order valence-electron chi connectivity index (χ1n) is 10.9. The fraction of sp³-hybridized carbons (Fsp3) is 0.250. The quantitative estimate of drug-likeness (QED) is 0.423. The van der Waals surface area contributed by atoms with Crippen LogP contribution in [-0.2, 0) is 14.8 Å². The van der Waals surface area contributed by atoms with Crippen molar-refractivity contribution in [2.75, 3.05) is 11.0 Å². The maximum atomic E-state index is 15.1. The Labute approximate surface area is 206 Å². The van der Waals surface area contributed by atoms with Crippen LogP contribution in [0.15, 0.2) is 55.1 Å². The first-order valence-corrected chi connectivity index (χ1v) is 12.8. The number of rotatable bonds is 8. The zero-order valence-corrected chi connectivity index (χ0v) is 20.2. The minimum absolute atomic E-state index is 0.159. The van der Waals surface area contributed by atoms with Crippen molar-refractivity contribution in [3.8, 4) is 11.1 Å². The van der Waals surface area contributed by atoms with Gasteiger partial charge in [0.1, 0.15) is 23.5 Å². The van der Waals surface area contributed by atoms with E-state index in [0.29, 0.717) is 12.8 Å². The number of anilines is 1. The highest BCUT2D eigenvalue weighted by Gasteiger charge is 2.51. The zero-order valence-electron chi connectivity index (χ0n) is 19.4. The smallest absolute Gasteiger partial charge is 0.255 e. The Morgan fingerprint density at radius 1 is 1.06 bits per heavy atom. The molecule has 0 aliphatic heterocycles. The van der Waals surface area contributed by atoms with E-state index in [1.807, 2.05) is 0 Å². The van der Waals surface area contributed by atoms with E-state index in [1.165, 1.54) is 43.0 Å². The van der Waals surface area contributed by atoms with Gasteiger partial charge in [-0.2, -0.15) is 0 Å². The van der Waals surface area contributed by atoms with Crippen LogP contribution in [0.1, 0.15) is 41.7 Å². The predicted octanol–water partition coefficient (Wildman–Crippen LogP) is 2.93. The van der Waals surface area contributed by atoms with E-state index in [9.17, 15) is 22.4 Å². The average Bonchev–Trinajstić information content (AvgIpc) is 3.60. The Hall–Kier alpha value is -3.93. The van der Waals surface area contributed by atoms with Crippen molar-refractivity contribution >= 4 is 27.5 Å². The summed E-state index contributed by atoms with van der Waals surface area (Å²) in [5, 5.41) is 5.43. The molecular formula is C24H23F2N5O4S. The molecule has 1 unspecified atom stereocenters. The van der Waals surface area contributed by atoms with E-state index in [1.54, 1.807) is 6.92 Å². The van der Waals surface area contributed by atoms with E-state index in [0.717, 1.165) is 18.4 Å². The lowest BCUT2D eigenvalue weighted by molar-refractivity contribution is -0.124. The normalized spacial score (nSPS) is 15.0. The van der Waals surface area contributed by atoms with E-state index >= 15 is 4.39 Å². The lowest BCUT2D eigenvalue weighted by atomic mass is 9.99. The molecule has 12 heteroatoms. The summed E-state index contributed by atoms with van der Waals surface area (Å²) < 4.78 is 54.9. The number of hydrogen-bond donors (Lipinski definition) is 3. The molecule has 1 aliphatic carbocycles. The fourth-order valence-electron chi connectivity index (χ4n) is 3.75. The Morgan fingerprint density at radius 3 is 2.36 bits per heavy atom. The number of para-hydroxylation sites is 1. The monoisotopic (exact) mass is 515 g/mol. The second-order valence-electron chi connectivity index (χ2n) is 8.63. The molecule has 36 heavy (non-hydrogen) atoms. The Balaban J connectivity index is 1.50. The summed E-state index contributed by atoms with van der Waals surface area (Å²) in [6.45, 7) is 1.59. The van der Waals surface area contributed by atoms with Gasteiger partial charge in [0, 0.05) is 23.5 Å². The van der Waals surface area contributed by atoms with Crippen molar-refractivity contribution in [2.24, 2.45) is 0 Å². The Morgan fingerprint density at radius 2 is 1.75 bits per heavy atom. The fourth-order valence-corrected chi connectivity index (χ4v) is 4.33. The van der Waals surface area contributed by atoms with E-state index in [4.69, 9.17) is 0 Å². The highest BCUT2D eigenvalue weighted by Crippen LogP contribution is 2.37. The number of sulfonamides is 1. The van der Waals surface area contributed by atoms with Crippen LogP contribution in [0.3, 0.4) is 0 Å². The molecule has 1 aromatic heterocycles. The van der Waals surface area contributed by atoms with Gasteiger partial charge in [0.2, 0.25) is 15.9 Å². The number of nitrogens with zero attached hydrogens (tertiary/aromatic N) is 2. The van der Waals surface area contributed by atoms with Crippen molar-refractivity contribution in [1.82, 2.24) is 20.6 Å². The summed E-state index contributed by atoms with van der Waals surface area (Å²) in [6, 6.07) is 7.28. The molecular weight excluding hydrogens is 492 g/mol. The van der Waals surface area contributed by atoms with Crippen LogP contribution in [0.25, 0.3) is 11.1 Å². The minimum Gasteiger partial charge on any atom is -0.347 e. The molecule has 3 N–H and O–H groups in total. The molecule has 4 rings (SSSR count). The highest BCUT2D eigenvalue weighted by atomic mass is 32.2. The standard InChI is InChI=1S/C24H23F2N5O4S/c1-14(29-23(33)24(8-9-24)30-22(32)16-11-27-13-28-12-16)17-7-6-15(10-20(17)26)18-4-3-5-19(25)21(18)31-36(2,34)35/h3-7,10-14,31H,8-9H2,1-2H3,(H,29,33)(H,30,32). The molecule has 1 heterocycles. The number of aromatic nitrogens is 2. The molecule has 1 fully saturated rings. The second kappa shape index (κ2) is 9.61. The van der Waals surface area contributed by atoms with Crippen molar-refractivity contribution in [3.63, 3.8) is 0 Å². The molecule has 188 valence electrons. The molecule has 0 radical (unpaired) electrons. The molecule has 0 bridgehead atoms. The van der Waals surface area contributed by atoms with Crippen LogP contribution in [0.5, 0.6) is 0 Å². The lowest BCUT2D eigenvalue weighted by Gasteiger charge is -2.22. The molecule has 3 aromatic rings. The summed E-state index contributed by atoms with van der Waals surface area (Å²) >= 11 is 0. The largest absolute Gasteiger partial charge is 0.347 e. The van der Waals surface area contributed by atoms with Gasteiger partial charge in [0.15, 0.2) is 0 Å². The molecule has 1 aliphatic rings. The van der Waals surface area contributed by atoms with Gasteiger partial charge in [0.25, 0.3) is 5.91 Å². The molecule has 2 aromatic carbocycles. The second-order valence-corrected chi connectivity index (χ2v) is 10.4. The van der Waals surface area contributed by atoms with Gasteiger partial charge in [0.05, 0.1) is 23.5 Å². The van der Waals surface area contributed by atoms with Crippen LogP contribution in [0.2, 0.25) is 0 Å². The van der Waals surface area contributed by atoms with Crippen LogP contribution in [0.4, 0.5) is 14.5 Å². The first-order chi connectivity index (χ1) is 17.0. The first kappa shape index (κ1) is 25.2. The lowest BCUT2D eigenvalue weighted by Crippen LogP contribution is -2.49. The molecule has 9 nitrogen and oxygen atoms in total. The number of carbonyl (C=O) groups is 2. The summed E-state index contributed by atoms with van der Waals surface area (Å²) in [6.07, 6.45) is 5.72. The van der Waals surface area contributed by atoms with Crippen LogP contribution >= 0.6 is 0 Å². The summed E-state index contributed by atoms with van der Waals surface area (Å²) in [7, 11) is -3.78. The molecule has 0 spiro atoms. The van der Waals surface area contributed by atoms with E-state index in [-0.39, 0.29) is 27.9 Å². The average molecular weight is 516 g/mol. The van der Waals surface area contributed by atoms with Crippen molar-refractivity contribution in [1.29, 1.82) is 0 Å². The van der Waals surface area contributed by atoms with Gasteiger partial charge in [-0.15, -0.1) is 0 Å². The van der Waals surface area contributed by atoms with Gasteiger partial charge < -0.3 is 10.6 Å². The topological polar surface area (TPSA) is 130 Å². The van der Waals surface area contributed by atoms with E-state index < -0.39 is 45.1 Å². The number of halogens is 2. The molecule has 1 saturated carbocycles.